The monoisotopic (exact) mass is 421 g/mol. The van der Waals surface area contributed by atoms with Crippen LogP contribution in [0.3, 0.4) is 0 Å². The van der Waals surface area contributed by atoms with Crippen LogP contribution >= 0.6 is 11.8 Å². The van der Waals surface area contributed by atoms with Gasteiger partial charge in [-0.25, -0.2) is 0 Å². The molecule has 1 aliphatic heterocycles. The Hall–Kier alpha value is -3.45. The van der Waals surface area contributed by atoms with Crippen molar-refractivity contribution in [3.05, 3.63) is 77.9 Å². The van der Waals surface area contributed by atoms with Crippen molar-refractivity contribution in [1.82, 2.24) is 0 Å². The van der Waals surface area contributed by atoms with Gasteiger partial charge < -0.3 is 19.5 Å². The first-order chi connectivity index (χ1) is 14.6. The average Bonchev–Trinajstić information content (AvgIpc) is 3.25. The van der Waals surface area contributed by atoms with Crippen LogP contribution in [0.15, 0.2) is 71.6 Å². The zero-order valence-electron chi connectivity index (χ0n) is 16.2. The summed E-state index contributed by atoms with van der Waals surface area (Å²) in [6.45, 7) is 0.177. The van der Waals surface area contributed by atoms with E-state index in [2.05, 4.69) is 5.32 Å². The molecule has 0 bridgehead atoms. The molecular formula is C23H19NO5S. The molecule has 152 valence electrons. The fraction of sp³-hybridized carbons (Fsp3) is 0.130. The number of benzene rings is 3. The molecule has 1 N–H and O–H groups in total. The quantitative estimate of drug-likeness (QED) is 0.442. The van der Waals surface area contributed by atoms with Crippen molar-refractivity contribution in [2.45, 2.75) is 4.90 Å². The van der Waals surface area contributed by atoms with E-state index in [1.54, 1.807) is 49.6 Å². The predicted molar refractivity (Wildman–Crippen MR) is 115 cm³/mol. The van der Waals surface area contributed by atoms with Gasteiger partial charge in [0, 0.05) is 21.7 Å². The molecule has 0 spiro atoms. The number of nitrogens with one attached hydrogen (secondary N) is 1. The Morgan fingerprint density at radius 3 is 2.67 bits per heavy atom. The fourth-order valence-electron chi connectivity index (χ4n) is 2.93. The molecule has 7 heteroatoms. The summed E-state index contributed by atoms with van der Waals surface area (Å²) in [6.07, 6.45) is 0. The highest BCUT2D eigenvalue weighted by Crippen LogP contribution is 2.33. The molecule has 0 radical (unpaired) electrons. The van der Waals surface area contributed by atoms with Crippen molar-refractivity contribution in [3.8, 4) is 17.2 Å². The number of anilines is 1. The maximum atomic E-state index is 12.5. The van der Waals surface area contributed by atoms with Crippen molar-refractivity contribution >= 4 is 29.1 Å². The largest absolute Gasteiger partial charge is 0.497 e. The van der Waals surface area contributed by atoms with Gasteiger partial charge in [-0.1, -0.05) is 12.1 Å². The Morgan fingerprint density at radius 2 is 1.80 bits per heavy atom. The van der Waals surface area contributed by atoms with Gasteiger partial charge in [0.2, 0.25) is 6.79 Å². The fourth-order valence-corrected chi connectivity index (χ4v) is 3.78. The van der Waals surface area contributed by atoms with Crippen LogP contribution in [0.5, 0.6) is 17.2 Å². The smallest absolute Gasteiger partial charge is 0.255 e. The lowest BCUT2D eigenvalue weighted by Gasteiger charge is -2.08. The molecule has 0 unspecified atom stereocenters. The van der Waals surface area contributed by atoms with Crippen LogP contribution in [0.4, 0.5) is 5.69 Å². The van der Waals surface area contributed by atoms with Gasteiger partial charge in [-0.05, 0) is 54.6 Å². The highest BCUT2D eigenvalue weighted by Gasteiger charge is 2.16. The summed E-state index contributed by atoms with van der Waals surface area (Å²) in [5.74, 6) is 1.89. The van der Waals surface area contributed by atoms with Gasteiger partial charge in [0.05, 0.1) is 12.9 Å². The third-order valence-electron chi connectivity index (χ3n) is 4.49. The van der Waals surface area contributed by atoms with Gasteiger partial charge in [-0.3, -0.25) is 9.59 Å². The number of carbonyl (C=O) groups is 2. The first-order valence-corrected chi connectivity index (χ1v) is 10.2. The maximum absolute atomic E-state index is 12.5. The van der Waals surface area contributed by atoms with E-state index in [-0.39, 0.29) is 24.2 Å². The molecule has 0 fully saturated rings. The second-order valence-electron chi connectivity index (χ2n) is 6.49. The molecule has 30 heavy (non-hydrogen) atoms. The van der Waals surface area contributed by atoms with Crippen LogP contribution in [0, 0.1) is 0 Å². The average molecular weight is 421 g/mol. The number of fused-ring (bicyclic) bond motifs is 1. The molecule has 4 rings (SSSR count). The van der Waals surface area contributed by atoms with Crippen molar-refractivity contribution in [2.75, 3.05) is 25.0 Å². The number of methoxy groups -OCH3 is 1. The highest BCUT2D eigenvalue weighted by molar-refractivity contribution is 8.00. The van der Waals surface area contributed by atoms with E-state index < -0.39 is 0 Å². The summed E-state index contributed by atoms with van der Waals surface area (Å²) in [5.41, 5.74) is 1.74. The van der Waals surface area contributed by atoms with Crippen LogP contribution in [0.25, 0.3) is 0 Å². The minimum absolute atomic E-state index is 0.0101. The summed E-state index contributed by atoms with van der Waals surface area (Å²) >= 11 is 1.41. The lowest BCUT2D eigenvalue weighted by Crippen LogP contribution is -2.11. The number of hydrogen-bond donors (Lipinski definition) is 1. The van der Waals surface area contributed by atoms with E-state index in [1.165, 1.54) is 11.8 Å². The van der Waals surface area contributed by atoms with Crippen LogP contribution < -0.4 is 19.5 Å². The molecule has 0 aromatic heterocycles. The standard InChI is InChI=1S/C23H19NO5S/c1-27-18-6-2-4-16(10-18)23(26)24-17-5-3-7-19(12-17)30-13-20(25)15-8-9-21-22(11-15)29-14-28-21/h2-12H,13-14H2,1H3,(H,24,26). The van der Waals surface area contributed by atoms with Crippen molar-refractivity contribution in [2.24, 2.45) is 0 Å². The number of carbonyl (C=O) groups excluding carboxylic acids is 2. The summed E-state index contributed by atoms with van der Waals surface area (Å²) in [7, 11) is 1.56. The summed E-state index contributed by atoms with van der Waals surface area (Å²) in [4.78, 5) is 25.9. The van der Waals surface area contributed by atoms with Crippen molar-refractivity contribution in [3.63, 3.8) is 0 Å². The highest BCUT2D eigenvalue weighted by atomic mass is 32.2. The molecule has 1 aliphatic rings. The number of Topliss-reactive ketones (excluding diaryl/α,β-unsaturated/α-hetero) is 1. The van der Waals surface area contributed by atoms with Crippen molar-refractivity contribution < 1.29 is 23.8 Å². The summed E-state index contributed by atoms with van der Waals surface area (Å²) in [5, 5.41) is 2.87. The van der Waals surface area contributed by atoms with Gasteiger partial charge in [0.1, 0.15) is 5.75 Å². The number of thioether (sulfide) groups is 1. The zero-order chi connectivity index (χ0) is 20.9. The van der Waals surface area contributed by atoms with Crippen LogP contribution in [-0.2, 0) is 0 Å². The SMILES string of the molecule is COc1cccc(C(=O)Nc2cccc(SCC(=O)c3ccc4c(c3)OCO4)c2)c1. The molecule has 3 aromatic carbocycles. The normalized spacial score (nSPS) is 11.8. The molecule has 0 saturated heterocycles. The van der Waals surface area contributed by atoms with E-state index in [0.717, 1.165) is 4.90 Å². The number of rotatable bonds is 7. The summed E-state index contributed by atoms with van der Waals surface area (Å²) < 4.78 is 15.8. The first kappa shape index (κ1) is 19.8. The predicted octanol–water partition coefficient (Wildman–Crippen LogP) is 4.65. The molecule has 1 amide bonds. The molecule has 0 aliphatic carbocycles. The maximum Gasteiger partial charge on any atom is 0.255 e. The second-order valence-corrected chi connectivity index (χ2v) is 7.54. The van der Waals surface area contributed by atoms with E-state index in [1.807, 2.05) is 24.3 Å². The van der Waals surface area contributed by atoms with Gasteiger partial charge in [0.15, 0.2) is 17.3 Å². The van der Waals surface area contributed by atoms with Crippen LogP contribution in [-0.4, -0.2) is 31.3 Å². The van der Waals surface area contributed by atoms with Gasteiger partial charge in [0.25, 0.3) is 5.91 Å². The Balaban J connectivity index is 1.38. The molecular weight excluding hydrogens is 402 g/mol. The van der Waals surface area contributed by atoms with E-state index >= 15 is 0 Å². The number of amides is 1. The molecule has 0 atom stereocenters. The minimum Gasteiger partial charge on any atom is -0.497 e. The lowest BCUT2D eigenvalue weighted by atomic mass is 10.1. The number of ketones is 1. The first-order valence-electron chi connectivity index (χ1n) is 9.23. The topological polar surface area (TPSA) is 73.9 Å². The van der Waals surface area contributed by atoms with E-state index in [0.29, 0.717) is 34.1 Å². The second kappa shape index (κ2) is 8.92. The molecule has 0 saturated carbocycles. The minimum atomic E-state index is -0.229. The van der Waals surface area contributed by atoms with E-state index in [9.17, 15) is 9.59 Å². The summed E-state index contributed by atoms with van der Waals surface area (Å²) in [6, 6.07) is 19.5. The Kier molecular flexibility index (Phi) is 5.90. The van der Waals surface area contributed by atoms with Crippen molar-refractivity contribution in [1.29, 1.82) is 0 Å². The lowest BCUT2D eigenvalue weighted by molar-refractivity contribution is 0.101. The number of hydrogen-bond acceptors (Lipinski definition) is 6. The molecule has 1 heterocycles. The Morgan fingerprint density at radius 1 is 0.967 bits per heavy atom. The Labute approximate surface area is 178 Å². The third kappa shape index (κ3) is 4.58. The van der Waals surface area contributed by atoms with E-state index in [4.69, 9.17) is 14.2 Å². The van der Waals surface area contributed by atoms with Gasteiger partial charge >= 0.3 is 0 Å². The molecule has 6 nitrogen and oxygen atoms in total. The molecule has 3 aromatic rings. The third-order valence-corrected chi connectivity index (χ3v) is 5.48. The van der Waals surface area contributed by atoms with Gasteiger partial charge in [-0.15, -0.1) is 11.8 Å². The zero-order valence-corrected chi connectivity index (χ0v) is 17.0. The number of ether oxygens (including phenoxy) is 3. The van der Waals surface area contributed by atoms with Gasteiger partial charge in [-0.2, -0.15) is 0 Å². The van der Waals surface area contributed by atoms with Crippen LogP contribution in [0.2, 0.25) is 0 Å². The Bertz CT molecular complexity index is 1100. The van der Waals surface area contributed by atoms with Crippen LogP contribution in [0.1, 0.15) is 20.7 Å².